The molecule has 1 fully saturated rings. The number of carbonyl (C=O) groups is 2. The van der Waals surface area contributed by atoms with Crippen molar-refractivity contribution in [1.29, 1.82) is 0 Å². The molecule has 1 aromatic heterocycles. The molecule has 1 aliphatic rings. The first kappa shape index (κ1) is 13.8. The van der Waals surface area contributed by atoms with E-state index in [-0.39, 0.29) is 12.1 Å². The molecule has 19 heavy (non-hydrogen) atoms. The van der Waals surface area contributed by atoms with Gasteiger partial charge in [0, 0.05) is 5.75 Å². The highest BCUT2D eigenvalue weighted by atomic mass is 32.2. The molecule has 2 heterocycles. The predicted octanol–water partition coefficient (Wildman–Crippen LogP) is 1.82. The molecule has 1 aromatic rings. The van der Waals surface area contributed by atoms with Crippen molar-refractivity contribution in [3.63, 3.8) is 0 Å². The molecule has 0 spiro atoms. The van der Waals surface area contributed by atoms with Crippen LogP contribution in [0.2, 0.25) is 0 Å². The van der Waals surface area contributed by atoms with E-state index in [1.165, 1.54) is 16.7 Å². The van der Waals surface area contributed by atoms with Crippen molar-refractivity contribution < 1.29 is 19.1 Å². The van der Waals surface area contributed by atoms with Gasteiger partial charge in [-0.3, -0.25) is 0 Å². The van der Waals surface area contributed by atoms with Gasteiger partial charge in [0.1, 0.15) is 17.6 Å². The lowest BCUT2D eigenvalue weighted by Crippen LogP contribution is -2.47. The van der Waals surface area contributed by atoms with Crippen molar-refractivity contribution in [1.82, 2.24) is 10.2 Å². The molecule has 0 aromatic carbocycles. The van der Waals surface area contributed by atoms with Crippen molar-refractivity contribution in [2.45, 2.75) is 25.9 Å². The molecule has 6 nitrogen and oxygen atoms in total. The fourth-order valence-electron chi connectivity index (χ4n) is 1.87. The first-order valence-corrected chi connectivity index (χ1v) is 7.08. The van der Waals surface area contributed by atoms with E-state index < -0.39 is 12.0 Å². The number of aryl methyl sites for hydroxylation is 1. The lowest BCUT2D eigenvalue weighted by Gasteiger charge is -2.22. The number of hydrogen-bond acceptors (Lipinski definition) is 4. The third-order valence-corrected chi connectivity index (χ3v) is 3.97. The maximum Gasteiger partial charge on any atom is 0.327 e. The van der Waals surface area contributed by atoms with Crippen LogP contribution in [-0.4, -0.2) is 39.7 Å². The number of nitrogens with zero attached hydrogens (tertiary/aromatic N) is 1. The van der Waals surface area contributed by atoms with Gasteiger partial charge in [0.15, 0.2) is 0 Å². The Morgan fingerprint density at radius 1 is 1.58 bits per heavy atom. The minimum absolute atomic E-state index is 0.291. The summed E-state index contributed by atoms with van der Waals surface area (Å²) in [5.41, 5.74) is 0. The summed E-state index contributed by atoms with van der Waals surface area (Å²) in [4.78, 5) is 24.4. The SMILES string of the molecule is Cc1ccc(C(C)NC(=O)N2CSC[C@@H]2C(=O)O)o1. The van der Waals surface area contributed by atoms with E-state index in [2.05, 4.69) is 5.32 Å². The molecular formula is C12H16N2O4S. The van der Waals surface area contributed by atoms with Crippen molar-refractivity contribution in [2.24, 2.45) is 0 Å². The predicted molar refractivity (Wildman–Crippen MR) is 71.0 cm³/mol. The number of rotatable bonds is 3. The van der Waals surface area contributed by atoms with Gasteiger partial charge in [-0.15, -0.1) is 11.8 Å². The molecule has 2 rings (SSSR count). The van der Waals surface area contributed by atoms with Gasteiger partial charge in [-0.25, -0.2) is 9.59 Å². The van der Waals surface area contributed by atoms with Gasteiger partial charge in [-0.1, -0.05) is 0 Å². The van der Waals surface area contributed by atoms with Crippen LogP contribution in [0.4, 0.5) is 4.79 Å². The third-order valence-electron chi connectivity index (χ3n) is 2.96. The van der Waals surface area contributed by atoms with Crippen LogP contribution in [0.5, 0.6) is 0 Å². The first-order valence-electron chi connectivity index (χ1n) is 5.93. The molecule has 7 heteroatoms. The van der Waals surface area contributed by atoms with Gasteiger partial charge in [-0.2, -0.15) is 0 Å². The Kier molecular flexibility index (Phi) is 4.04. The summed E-state index contributed by atoms with van der Waals surface area (Å²) < 4.78 is 5.43. The second-order valence-corrected chi connectivity index (χ2v) is 5.44. The maximum atomic E-state index is 12.0. The van der Waals surface area contributed by atoms with Crippen LogP contribution in [0.25, 0.3) is 0 Å². The Morgan fingerprint density at radius 3 is 2.89 bits per heavy atom. The molecule has 1 aliphatic heterocycles. The number of carbonyl (C=O) groups excluding carboxylic acids is 1. The molecule has 1 unspecified atom stereocenters. The topological polar surface area (TPSA) is 82.8 Å². The highest BCUT2D eigenvalue weighted by Crippen LogP contribution is 2.22. The Bertz CT molecular complexity index is 488. The normalized spacial score (nSPS) is 20.3. The molecule has 0 radical (unpaired) electrons. The lowest BCUT2D eigenvalue weighted by atomic mass is 10.2. The lowest BCUT2D eigenvalue weighted by molar-refractivity contribution is -0.140. The number of aliphatic carboxylic acids is 1. The quantitative estimate of drug-likeness (QED) is 0.884. The smallest absolute Gasteiger partial charge is 0.327 e. The molecule has 2 amide bonds. The van der Waals surface area contributed by atoms with Gasteiger partial charge in [0.2, 0.25) is 0 Å². The zero-order valence-electron chi connectivity index (χ0n) is 10.8. The van der Waals surface area contributed by atoms with Crippen LogP contribution in [0.1, 0.15) is 24.5 Å². The zero-order chi connectivity index (χ0) is 14.0. The molecule has 1 saturated heterocycles. The summed E-state index contributed by atoms with van der Waals surface area (Å²) in [6, 6.07) is 2.20. The molecule has 2 N–H and O–H groups in total. The van der Waals surface area contributed by atoms with Crippen molar-refractivity contribution >= 4 is 23.8 Å². The Labute approximate surface area is 115 Å². The number of nitrogens with one attached hydrogen (secondary N) is 1. The Hall–Kier alpha value is -1.63. The molecule has 0 aliphatic carbocycles. The number of furan rings is 1. The maximum absolute atomic E-state index is 12.0. The summed E-state index contributed by atoms with van der Waals surface area (Å²) in [5.74, 6) is 1.28. The number of amides is 2. The number of thioether (sulfide) groups is 1. The largest absolute Gasteiger partial charge is 0.480 e. The van der Waals surface area contributed by atoms with Crippen LogP contribution in [0.15, 0.2) is 16.5 Å². The first-order chi connectivity index (χ1) is 8.99. The van der Waals surface area contributed by atoms with Crippen LogP contribution in [-0.2, 0) is 4.79 Å². The number of urea groups is 1. The van der Waals surface area contributed by atoms with Gasteiger partial charge in [-0.05, 0) is 26.0 Å². The summed E-state index contributed by atoms with van der Waals surface area (Å²) in [6.45, 7) is 3.63. The molecule has 2 atom stereocenters. The average molecular weight is 284 g/mol. The Balaban J connectivity index is 1.99. The van der Waals surface area contributed by atoms with Crippen LogP contribution < -0.4 is 5.32 Å². The van der Waals surface area contributed by atoms with Gasteiger partial charge < -0.3 is 19.7 Å². The van der Waals surface area contributed by atoms with Crippen molar-refractivity contribution in [3.8, 4) is 0 Å². The van der Waals surface area contributed by atoms with E-state index in [1.807, 2.05) is 13.0 Å². The minimum atomic E-state index is -0.971. The second-order valence-electron chi connectivity index (χ2n) is 4.44. The molecule has 104 valence electrons. The van der Waals surface area contributed by atoms with E-state index >= 15 is 0 Å². The summed E-state index contributed by atoms with van der Waals surface area (Å²) in [5, 5.41) is 11.8. The highest BCUT2D eigenvalue weighted by molar-refractivity contribution is 7.99. The summed E-state index contributed by atoms with van der Waals surface area (Å²) >= 11 is 1.43. The van der Waals surface area contributed by atoms with E-state index in [4.69, 9.17) is 9.52 Å². The van der Waals surface area contributed by atoms with Crippen molar-refractivity contribution in [3.05, 3.63) is 23.7 Å². The van der Waals surface area contributed by atoms with E-state index in [0.717, 1.165) is 5.76 Å². The molecule has 0 bridgehead atoms. The number of carboxylic acid groups (broad SMARTS) is 1. The monoisotopic (exact) mass is 284 g/mol. The van der Waals surface area contributed by atoms with Crippen molar-refractivity contribution in [2.75, 3.05) is 11.6 Å². The van der Waals surface area contributed by atoms with E-state index in [9.17, 15) is 9.59 Å². The summed E-state index contributed by atoms with van der Waals surface area (Å²) in [6.07, 6.45) is 0. The molecular weight excluding hydrogens is 268 g/mol. The zero-order valence-corrected chi connectivity index (χ0v) is 11.6. The van der Waals surface area contributed by atoms with Crippen LogP contribution >= 0.6 is 11.8 Å². The number of carboxylic acids is 1. The van der Waals surface area contributed by atoms with Gasteiger partial charge >= 0.3 is 12.0 Å². The minimum Gasteiger partial charge on any atom is -0.480 e. The van der Waals surface area contributed by atoms with Crippen LogP contribution in [0, 0.1) is 6.92 Å². The summed E-state index contributed by atoms with van der Waals surface area (Å²) in [7, 11) is 0. The third kappa shape index (κ3) is 3.04. The highest BCUT2D eigenvalue weighted by Gasteiger charge is 2.35. The standard InChI is InChI=1S/C12H16N2O4S/c1-7-3-4-10(18-7)8(2)13-12(17)14-6-19-5-9(14)11(15)16/h3-4,8-9H,5-6H2,1-2H3,(H,13,17)(H,15,16)/t8?,9-/m1/s1. The van der Waals surface area contributed by atoms with Gasteiger partial charge in [0.25, 0.3) is 0 Å². The second kappa shape index (κ2) is 5.56. The van der Waals surface area contributed by atoms with E-state index in [0.29, 0.717) is 17.4 Å². The van der Waals surface area contributed by atoms with E-state index in [1.54, 1.807) is 13.0 Å². The number of hydrogen-bond donors (Lipinski definition) is 2. The van der Waals surface area contributed by atoms with Gasteiger partial charge in [0.05, 0.1) is 11.9 Å². The fourth-order valence-corrected chi connectivity index (χ4v) is 3.02. The van der Waals surface area contributed by atoms with Crippen LogP contribution in [0.3, 0.4) is 0 Å². The fraction of sp³-hybridized carbons (Fsp3) is 0.500. The molecule has 0 saturated carbocycles. The average Bonchev–Trinajstić information content (AvgIpc) is 2.96. The Morgan fingerprint density at radius 2 is 2.32 bits per heavy atom.